The Morgan fingerprint density at radius 3 is 2.31 bits per heavy atom. The van der Waals surface area contributed by atoms with Crippen LogP contribution in [0, 0.1) is 3.83 Å². The number of alkyl halides is 1. The number of rotatable bonds is 5. The molecule has 0 amide bonds. The third kappa shape index (κ3) is 3.86. The first kappa shape index (κ1) is 13.6. The molecule has 4 nitrogen and oxygen atoms in total. The number of hydrogen-bond acceptors (Lipinski definition) is 4. The number of hydrogen-bond donors (Lipinski definition) is 1. The van der Waals surface area contributed by atoms with E-state index in [2.05, 4.69) is 53.1 Å². The normalized spacial score (nSPS) is 12.1. The van der Waals surface area contributed by atoms with Crippen LogP contribution in [0.2, 0.25) is 0 Å². The average molecular weight is 335 g/mol. The molecule has 0 unspecified atom stereocenters. The monoisotopic (exact) mass is 335 g/mol. The van der Waals surface area contributed by atoms with Crippen molar-refractivity contribution in [3.05, 3.63) is 16.2 Å². The van der Waals surface area contributed by atoms with Crippen molar-refractivity contribution < 1.29 is 21.2 Å². The molecule has 0 saturated carbocycles. The summed E-state index contributed by atoms with van der Waals surface area (Å²) < 4.78 is 0.996. The first-order valence-electron chi connectivity index (χ1n) is 5.18. The van der Waals surface area contributed by atoms with Crippen molar-refractivity contribution >= 4 is 5.69 Å². The van der Waals surface area contributed by atoms with E-state index in [0.717, 1.165) is 16.1 Å². The molecule has 92 valence electrons. The van der Waals surface area contributed by atoms with Crippen molar-refractivity contribution in [2.75, 3.05) is 30.9 Å². The van der Waals surface area contributed by atoms with Gasteiger partial charge in [-0.05, 0) is 0 Å². The van der Waals surface area contributed by atoms with Crippen LogP contribution in [0.15, 0.2) is 12.4 Å². The Hall–Kier alpha value is -0.430. The molecular formula is C11H20IN4-. The van der Waals surface area contributed by atoms with Gasteiger partial charge in [0.2, 0.25) is 0 Å². The maximum absolute atomic E-state index is 4.30. The van der Waals surface area contributed by atoms with Gasteiger partial charge >= 0.3 is 108 Å². The molecule has 0 aliphatic carbocycles. The molecule has 0 saturated heterocycles. The zero-order valence-electron chi connectivity index (χ0n) is 10.6. The van der Waals surface area contributed by atoms with E-state index in [4.69, 9.17) is 0 Å². The van der Waals surface area contributed by atoms with Crippen LogP contribution < -0.4 is 26.5 Å². The second-order valence-electron chi connectivity index (χ2n) is 4.49. The van der Waals surface area contributed by atoms with Gasteiger partial charge in [0.05, 0.1) is 0 Å². The van der Waals surface area contributed by atoms with E-state index in [9.17, 15) is 0 Å². The van der Waals surface area contributed by atoms with E-state index < -0.39 is 0 Å². The predicted molar refractivity (Wildman–Crippen MR) is 62.9 cm³/mol. The van der Waals surface area contributed by atoms with E-state index in [0.29, 0.717) is 0 Å². The molecule has 0 aromatic carbocycles. The minimum absolute atomic E-state index is 0.00511. The van der Waals surface area contributed by atoms with Gasteiger partial charge in [-0.3, -0.25) is 0 Å². The molecule has 0 radical (unpaired) electrons. The van der Waals surface area contributed by atoms with E-state index >= 15 is 0 Å². The van der Waals surface area contributed by atoms with E-state index in [1.807, 2.05) is 12.4 Å². The number of aromatic nitrogens is 2. The molecule has 1 aromatic heterocycles. The van der Waals surface area contributed by atoms with Crippen molar-refractivity contribution in [3.63, 3.8) is 0 Å². The SMILES string of the molecule is C[I-]c1ncc(NCC(C)(C)N(C)C)cn1. The molecule has 0 aliphatic heterocycles. The summed E-state index contributed by atoms with van der Waals surface area (Å²) in [6.07, 6.45) is 3.74. The summed E-state index contributed by atoms with van der Waals surface area (Å²) in [4.78, 5) is 13.0. The molecule has 0 spiro atoms. The molecule has 1 N–H and O–H groups in total. The average Bonchev–Trinajstić information content (AvgIpc) is 2.27. The Balaban J connectivity index is 2.54. The molecule has 5 heteroatoms. The van der Waals surface area contributed by atoms with E-state index in [-0.39, 0.29) is 26.7 Å². The van der Waals surface area contributed by atoms with Crippen LogP contribution in [0.1, 0.15) is 13.8 Å². The summed E-state index contributed by atoms with van der Waals surface area (Å²) in [5.41, 5.74) is 1.12. The van der Waals surface area contributed by atoms with Crippen LogP contribution in [0.25, 0.3) is 0 Å². The second-order valence-corrected chi connectivity index (χ2v) is 6.53. The van der Waals surface area contributed by atoms with Gasteiger partial charge in [-0.25, -0.2) is 0 Å². The van der Waals surface area contributed by atoms with Gasteiger partial charge in [0.1, 0.15) is 0 Å². The fourth-order valence-electron chi connectivity index (χ4n) is 0.978. The Morgan fingerprint density at radius 2 is 1.88 bits per heavy atom. The standard InChI is InChI=1S/C11H20IN4/c1-11(2,16(4)5)8-15-9-6-13-10(12-3)14-7-9/h6-7,15H,8H2,1-5H3/q-1. The minimum atomic E-state index is -0.00511. The van der Waals surface area contributed by atoms with Gasteiger partial charge in [-0.15, -0.1) is 0 Å². The topological polar surface area (TPSA) is 41.1 Å². The van der Waals surface area contributed by atoms with Crippen molar-refractivity contribution in [1.29, 1.82) is 0 Å². The Kier molecular flexibility index (Phi) is 4.91. The summed E-state index contributed by atoms with van der Waals surface area (Å²) in [5.74, 6) is 0. The Bertz CT molecular complexity index is 321. The third-order valence-electron chi connectivity index (χ3n) is 2.73. The van der Waals surface area contributed by atoms with Crippen LogP contribution in [0.5, 0.6) is 0 Å². The van der Waals surface area contributed by atoms with Crippen molar-refractivity contribution in [1.82, 2.24) is 14.9 Å². The van der Waals surface area contributed by atoms with Gasteiger partial charge in [0.25, 0.3) is 0 Å². The van der Waals surface area contributed by atoms with Crippen molar-refractivity contribution in [2.24, 2.45) is 0 Å². The van der Waals surface area contributed by atoms with Crippen LogP contribution in [0.4, 0.5) is 5.69 Å². The molecule has 16 heavy (non-hydrogen) atoms. The molecule has 0 aliphatic rings. The van der Waals surface area contributed by atoms with Crippen molar-refractivity contribution in [2.45, 2.75) is 19.4 Å². The van der Waals surface area contributed by atoms with Crippen LogP contribution in [0.3, 0.4) is 0 Å². The first-order chi connectivity index (χ1) is 7.45. The molecule has 0 atom stereocenters. The van der Waals surface area contributed by atoms with E-state index in [1.165, 1.54) is 0 Å². The molecule has 1 aromatic rings. The number of nitrogens with zero attached hydrogens (tertiary/aromatic N) is 3. The van der Waals surface area contributed by atoms with Gasteiger partial charge < -0.3 is 0 Å². The third-order valence-corrected chi connectivity index (χ3v) is 4.25. The summed E-state index contributed by atoms with van der Waals surface area (Å²) in [6, 6.07) is 0. The molecule has 0 bridgehead atoms. The fourth-order valence-corrected chi connectivity index (χ4v) is 1.81. The van der Waals surface area contributed by atoms with Gasteiger partial charge in [0, 0.05) is 0 Å². The second kappa shape index (κ2) is 5.77. The number of likely N-dealkylation sites (N-methyl/N-ethyl adjacent to an activating group) is 1. The van der Waals surface area contributed by atoms with Crippen molar-refractivity contribution in [3.8, 4) is 0 Å². The summed E-state index contributed by atoms with van der Waals surface area (Å²) >= 11 is -0.00511. The molecule has 1 heterocycles. The summed E-state index contributed by atoms with van der Waals surface area (Å²) in [6.45, 7) is 5.28. The zero-order valence-corrected chi connectivity index (χ0v) is 12.7. The zero-order chi connectivity index (χ0) is 12.2. The van der Waals surface area contributed by atoms with Crippen LogP contribution in [-0.4, -0.2) is 46.0 Å². The number of anilines is 1. The van der Waals surface area contributed by atoms with Gasteiger partial charge in [-0.2, -0.15) is 0 Å². The molecular weight excluding hydrogens is 315 g/mol. The van der Waals surface area contributed by atoms with E-state index in [1.54, 1.807) is 0 Å². The summed E-state index contributed by atoms with van der Waals surface area (Å²) in [7, 11) is 4.17. The van der Waals surface area contributed by atoms with Gasteiger partial charge in [0.15, 0.2) is 0 Å². The Morgan fingerprint density at radius 1 is 1.31 bits per heavy atom. The van der Waals surface area contributed by atoms with Crippen LogP contribution >= 0.6 is 0 Å². The number of halogens is 1. The summed E-state index contributed by atoms with van der Waals surface area (Å²) in [5, 5.41) is 3.36. The quantitative estimate of drug-likeness (QED) is 0.389. The first-order valence-corrected chi connectivity index (χ1v) is 8.42. The molecule has 0 fully saturated rings. The maximum atomic E-state index is 4.30. The predicted octanol–water partition coefficient (Wildman–Crippen LogP) is -1.88. The fraction of sp³-hybridized carbons (Fsp3) is 0.636. The van der Waals surface area contributed by atoms with Gasteiger partial charge in [-0.1, -0.05) is 0 Å². The Labute approximate surface area is 108 Å². The number of nitrogens with one attached hydrogen (secondary N) is 1. The molecule has 1 rings (SSSR count). The van der Waals surface area contributed by atoms with Crippen LogP contribution in [-0.2, 0) is 0 Å².